The summed E-state index contributed by atoms with van der Waals surface area (Å²) < 4.78 is 11.2. The second-order valence-electron chi connectivity index (χ2n) is 5.55. The Morgan fingerprint density at radius 3 is 2.76 bits per heavy atom. The number of nitro groups is 1. The number of carbonyl (C=O) groups excluding carboxylic acids is 1. The molecule has 0 radical (unpaired) electrons. The van der Waals surface area contributed by atoms with Gasteiger partial charge in [-0.2, -0.15) is 5.26 Å². The maximum absolute atomic E-state index is 12.6. The predicted molar refractivity (Wildman–Crippen MR) is 112 cm³/mol. The number of ether oxygens (including phenoxy) is 2. The SMILES string of the molecule is C=CCOc1ccc(Br)cc1/C=C(\C#N)C(=O)Nc1ccc(OC)cc1[N+](=O)[O-]. The lowest BCUT2D eigenvalue weighted by Gasteiger charge is -2.09. The fourth-order valence-corrected chi connectivity index (χ4v) is 2.68. The number of nitro benzene ring substituents is 1. The second-order valence-corrected chi connectivity index (χ2v) is 6.46. The lowest BCUT2D eigenvalue weighted by atomic mass is 10.1. The van der Waals surface area contributed by atoms with E-state index in [4.69, 9.17) is 9.47 Å². The van der Waals surface area contributed by atoms with E-state index in [1.165, 1.54) is 31.4 Å². The third-order valence-electron chi connectivity index (χ3n) is 3.64. The largest absolute Gasteiger partial charge is 0.496 e. The highest BCUT2D eigenvalue weighted by Crippen LogP contribution is 2.30. The average molecular weight is 458 g/mol. The van der Waals surface area contributed by atoms with Gasteiger partial charge in [-0.15, -0.1) is 0 Å². The highest BCUT2D eigenvalue weighted by Gasteiger charge is 2.19. The first-order valence-corrected chi connectivity index (χ1v) is 8.97. The van der Waals surface area contributed by atoms with E-state index < -0.39 is 10.8 Å². The number of carbonyl (C=O) groups is 1. The van der Waals surface area contributed by atoms with Crippen LogP contribution in [0.4, 0.5) is 11.4 Å². The van der Waals surface area contributed by atoms with Gasteiger partial charge in [0.1, 0.15) is 35.4 Å². The number of benzene rings is 2. The summed E-state index contributed by atoms with van der Waals surface area (Å²) in [6.45, 7) is 3.82. The molecule has 0 unspecified atom stereocenters. The molecule has 2 aromatic carbocycles. The van der Waals surface area contributed by atoms with Crippen molar-refractivity contribution in [1.82, 2.24) is 0 Å². The molecule has 0 fully saturated rings. The van der Waals surface area contributed by atoms with Gasteiger partial charge in [0.25, 0.3) is 11.6 Å². The number of hydrogen-bond donors (Lipinski definition) is 1. The fourth-order valence-electron chi connectivity index (χ4n) is 2.30. The Bertz CT molecular complexity index is 1030. The van der Waals surface area contributed by atoms with Crippen molar-refractivity contribution in [3.8, 4) is 17.6 Å². The minimum Gasteiger partial charge on any atom is -0.496 e. The summed E-state index contributed by atoms with van der Waals surface area (Å²) in [6.07, 6.45) is 2.91. The standard InChI is InChI=1S/C20H16BrN3O5/c1-3-8-29-19-7-4-15(21)10-13(19)9-14(12-22)20(25)23-17-6-5-16(28-2)11-18(17)24(26)27/h3-7,9-11H,1,8H2,2H3,(H,23,25)/b14-9+. The summed E-state index contributed by atoms with van der Waals surface area (Å²) in [4.78, 5) is 23.2. The van der Waals surface area contributed by atoms with Crippen LogP contribution in [-0.4, -0.2) is 24.5 Å². The molecule has 0 aromatic heterocycles. The molecule has 0 aliphatic rings. The molecule has 2 rings (SSSR count). The van der Waals surface area contributed by atoms with Crippen molar-refractivity contribution in [2.75, 3.05) is 19.0 Å². The van der Waals surface area contributed by atoms with Gasteiger partial charge >= 0.3 is 0 Å². The first kappa shape index (κ1) is 21.7. The van der Waals surface area contributed by atoms with Crippen LogP contribution in [0.15, 0.2) is 59.1 Å². The smallest absolute Gasteiger partial charge is 0.296 e. The monoisotopic (exact) mass is 457 g/mol. The first-order chi connectivity index (χ1) is 13.9. The van der Waals surface area contributed by atoms with E-state index in [1.807, 2.05) is 6.07 Å². The molecule has 1 amide bonds. The van der Waals surface area contributed by atoms with E-state index in [0.717, 1.165) is 4.47 Å². The summed E-state index contributed by atoms with van der Waals surface area (Å²) in [5.74, 6) is -0.0802. The fraction of sp³-hybridized carbons (Fsp3) is 0.100. The van der Waals surface area contributed by atoms with Crippen molar-refractivity contribution < 1.29 is 19.2 Å². The molecule has 0 aliphatic heterocycles. The van der Waals surface area contributed by atoms with Crippen LogP contribution in [0.25, 0.3) is 6.08 Å². The minimum atomic E-state index is -0.796. The third-order valence-corrected chi connectivity index (χ3v) is 4.14. The predicted octanol–water partition coefficient (Wildman–Crippen LogP) is 4.48. The van der Waals surface area contributed by atoms with Gasteiger partial charge in [0, 0.05) is 10.0 Å². The van der Waals surface area contributed by atoms with Crippen LogP contribution >= 0.6 is 15.9 Å². The van der Waals surface area contributed by atoms with Gasteiger partial charge in [0.2, 0.25) is 0 Å². The molecule has 0 bridgehead atoms. The topological polar surface area (TPSA) is 114 Å². The van der Waals surface area contributed by atoms with E-state index in [0.29, 0.717) is 11.3 Å². The molecule has 0 atom stereocenters. The van der Waals surface area contributed by atoms with E-state index in [1.54, 1.807) is 24.3 Å². The molecule has 1 N–H and O–H groups in total. The van der Waals surface area contributed by atoms with Gasteiger partial charge in [0.05, 0.1) is 18.1 Å². The second kappa shape index (κ2) is 10.1. The number of anilines is 1. The number of nitriles is 1. The Kier molecular flexibility index (Phi) is 7.51. The number of rotatable bonds is 8. The van der Waals surface area contributed by atoms with Crippen LogP contribution in [-0.2, 0) is 4.79 Å². The minimum absolute atomic E-state index is 0.0562. The molecule has 0 saturated heterocycles. The first-order valence-electron chi connectivity index (χ1n) is 8.18. The molecule has 0 heterocycles. The summed E-state index contributed by atoms with van der Waals surface area (Å²) in [6, 6.07) is 10.9. The van der Waals surface area contributed by atoms with Crippen molar-refractivity contribution in [3.63, 3.8) is 0 Å². The van der Waals surface area contributed by atoms with Crippen molar-refractivity contribution in [1.29, 1.82) is 5.26 Å². The Hall–Kier alpha value is -3.64. The molecule has 29 heavy (non-hydrogen) atoms. The number of amides is 1. The Labute approximate surface area is 175 Å². The van der Waals surface area contributed by atoms with Crippen molar-refractivity contribution in [2.24, 2.45) is 0 Å². The quantitative estimate of drug-likeness (QED) is 0.205. The van der Waals surface area contributed by atoms with E-state index in [9.17, 15) is 20.2 Å². The number of methoxy groups -OCH3 is 1. The maximum atomic E-state index is 12.6. The number of nitrogens with zero attached hydrogens (tertiary/aromatic N) is 2. The average Bonchev–Trinajstić information content (AvgIpc) is 2.71. The molecule has 0 spiro atoms. The van der Waals surface area contributed by atoms with Gasteiger partial charge in [-0.1, -0.05) is 28.6 Å². The molecule has 148 valence electrons. The van der Waals surface area contributed by atoms with E-state index in [-0.39, 0.29) is 29.3 Å². The van der Waals surface area contributed by atoms with Crippen molar-refractivity contribution in [2.45, 2.75) is 0 Å². The molecule has 0 aliphatic carbocycles. The van der Waals surface area contributed by atoms with Gasteiger partial charge < -0.3 is 14.8 Å². The zero-order chi connectivity index (χ0) is 21.4. The highest BCUT2D eigenvalue weighted by atomic mass is 79.9. The van der Waals surface area contributed by atoms with Crippen LogP contribution in [0.1, 0.15) is 5.56 Å². The normalized spacial score (nSPS) is 10.6. The zero-order valence-corrected chi connectivity index (χ0v) is 16.9. The summed E-state index contributed by atoms with van der Waals surface area (Å²) in [7, 11) is 1.37. The molecule has 8 nitrogen and oxygen atoms in total. The maximum Gasteiger partial charge on any atom is 0.296 e. The lowest BCUT2D eigenvalue weighted by molar-refractivity contribution is -0.384. The molecule has 0 saturated carbocycles. The lowest BCUT2D eigenvalue weighted by Crippen LogP contribution is -2.14. The Balaban J connectivity index is 2.38. The molecular formula is C20H16BrN3O5. The van der Waals surface area contributed by atoms with Gasteiger partial charge in [-0.25, -0.2) is 0 Å². The third kappa shape index (κ3) is 5.67. The number of halogens is 1. The Morgan fingerprint density at radius 2 is 2.14 bits per heavy atom. The summed E-state index contributed by atoms with van der Waals surface area (Å²) in [5, 5.41) is 23.1. The molecular weight excluding hydrogens is 442 g/mol. The molecule has 2 aromatic rings. The van der Waals surface area contributed by atoms with Crippen LogP contribution in [0, 0.1) is 21.4 Å². The Morgan fingerprint density at radius 1 is 1.38 bits per heavy atom. The van der Waals surface area contributed by atoms with Crippen LogP contribution in [0.3, 0.4) is 0 Å². The van der Waals surface area contributed by atoms with Gasteiger partial charge in [-0.3, -0.25) is 14.9 Å². The van der Waals surface area contributed by atoms with Gasteiger partial charge in [-0.05, 0) is 36.4 Å². The van der Waals surface area contributed by atoms with Crippen LogP contribution < -0.4 is 14.8 Å². The summed E-state index contributed by atoms with van der Waals surface area (Å²) >= 11 is 3.33. The number of nitrogens with one attached hydrogen (secondary N) is 1. The van der Waals surface area contributed by atoms with Crippen LogP contribution in [0.2, 0.25) is 0 Å². The van der Waals surface area contributed by atoms with E-state index in [2.05, 4.69) is 27.8 Å². The van der Waals surface area contributed by atoms with Crippen molar-refractivity contribution in [3.05, 3.63) is 74.8 Å². The van der Waals surface area contributed by atoms with Crippen LogP contribution in [0.5, 0.6) is 11.5 Å². The highest BCUT2D eigenvalue weighted by molar-refractivity contribution is 9.10. The molecule has 9 heteroatoms. The number of hydrogen-bond acceptors (Lipinski definition) is 6. The zero-order valence-electron chi connectivity index (χ0n) is 15.3. The van der Waals surface area contributed by atoms with Gasteiger partial charge in [0.15, 0.2) is 0 Å². The van der Waals surface area contributed by atoms with Crippen molar-refractivity contribution >= 4 is 39.3 Å². The van der Waals surface area contributed by atoms with E-state index >= 15 is 0 Å². The summed E-state index contributed by atoms with van der Waals surface area (Å²) in [5.41, 5.74) is -0.180.